The molecule has 0 aromatic heterocycles. The Morgan fingerprint density at radius 2 is 0.730 bits per heavy atom. The number of hydrogen-bond donors (Lipinski definition) is 0. The van der Waals surface area contributed by atoms with Crippen molar-refractivity contribution >= 4 is 12.2 Å². The molecule has 4 aliphatic carbocycles. The molecule has 0 radical (unpaired) electrons. The first-order valence-electron chi connectivity index (χ1n) is 24.8. The van der Waals surface area contributed by atoms with Crippen molar-refractivity contribution in [3.63, 3.8) is 0 Å². The summed E-state index contributed by atoms with van der Waals surface area (Å²) in [5, 5.41) is 0. The monoisotopic (exact) mass is 1050 g/mol. The molecule has 0 N–H and O–H groups in total. The predicted octanol–water partition coefficient (Wildman–Crippen LogP) is 12.0. The van der Waals surface area contributed by atoms with E-state index in [0.717, 1.165) is 11.8 Å². The van der Waals surface area contributed by atoms with Gasteiger partial charge in [0, 0.05) is 0 Å². The van der Waals surface area contributed by atoms with Crippen molar-refractivity contribution in [2.75, 3.05) is 0 Å². The largest absolute Gasteiger partial charge is 1.00 e. The van der Waals surface area contributed by atoms with Gasteiger partial charge in [-0.1, -0.05) is 0 Å². The molecule has 1 aliphatic heterocycles. The summed E-state index contributed by atoms with van der Waals surface area (Å²) in [5.74, 6) is 1.49. The fourth-order valence-electron chi connectivity index (χ4n) is 12.4. The SMILES string of the molecule is CC(C)(C)c1cc(-c2cccc3c2C=C(C2CCCCC2)[CH]3[Hf+2]2([CH]3C(C4CCCCC4)=Cc4c(-c5cc(C(C)(C)C)cc(C(C)(C)C)c5)cccc43)[CH2][CH2]2)cc(C(C)(C)C)c1.[Cl-].[Cl-]. The molecule has 1 saturated heterocycles. The molecular formula is C60H78Cl2Hf. The molecule has 3 fully saturated rings. The quantitative estimate of drug-likeness (QED) is 0.169. The van der Waals surface area contributed by atoms with E-state index in [0.29, 0.717) is 7.35 Å². The standard InChI is InChI=1S/2C29H37.C2H4.2ClH.Hf/c2*1-28(2,3)24-16-23(17-25(19-24)29(4,5)6)26-14-10-13-21-15-22(18-27(21)26)20-11-8-7-9-12-20;1-2;;;/h2*10,13-20H,7-9,11-12H2,1-6H3;1-2H2;2*1H;/q;;;;;+2/p-2. The zero-order valence-electron chi connectivity index (χ0n) is 41.1. The summed E-state index contributed by atoms with van der Waals surface area (Å²) in [7, 11) is 0. The Hall–Kier alpha value is -2.19. The molecule has 4 aromatic rings. The van der Waals surface area contributed by atoms with Gasteiger partial charge in [-0.15, -0.1) is 0 Å². The third kappa shape index (κ3) is 9.27. The minimum atomic E-state index is -3.22. The van der Waals surface area contributed by atoms with E-state index in [9.17, 15) is 0 Å². The van der Waals surface area contributed by atoms with Gasteiger partial charge in [-0.3, -0.25) is 0 Å². The van der Waals surface area contributed by atoms with Crippen LogP contribution in [0.1, 0.15) is 199 Å². The molecule has 4 aromatic carbocycles. The first-order valence-corrected chi connectivity index (χ1v) is 34.0. The topological polar surface area (TPSA) is 0 Å². The minimum Gasteiger partial charge on any atom is -1.00 e. The zero-order valence-corrected chi connectivity index (χ0v) is 46.2. The normalized spacial score (nSPS) is 21.0. The number of benzene rings is 4. The zero-order chi connectivity index (χ0) is 43.3. The van der Waals surface area contributed by atoms with Crippen LogP contribution in [0.2, 0.25) is 8.35 Å². The van der Waals surface area contributed by atoms with Gasteiger partial charge in [0.25, 0.3) is 0 Å². The molecule has 9 rings (SSSR count). The molecule has 5 aliphatic rings. The molecule has 0 amide bonds. The molecule has 336 valence electrons. The smallest absolute Gasteiger partial charge is 1.00 e. The summed E-state index contributed by atoms with van der Waals surface area (Å²) in [4.78, 5) is 0. The van der Waals surface area contributed by atoms with Gasteiger partial charge >= 0.3 is 379 Å². The predicted molar refractivity (Wildman–Crippen MR) is 263 cm³/mol. The van der Waals surface area contributed by atoms with Crippen molar-refractivity contribution in [2.24, 2.45) is 11.8 Å². The maximum absolute atomic E-state index is 3.22. The van der Waals surface area contributed by atoms with Gasteiger partial charge in [0.2, 0.25) is 0 Å². The molecule has 2 unspecified atom stereocenters. The van der Waals surface area contributed by atoms with Crippen molar-refractivity contribution in [3.05, 3.63) is 128 Å². The van der Waals surface area contributed by atoms with Crippen LogP contribution >= 0.6 is 0 Å². The van der Waals surface area contributed by atoms with Crippen molar-refractivity contribution in [1.82, 2.24) is 0 Å². The number of fused-ring (bicyclic) bond motifs is 2. The molecule has 2 saturated carbocycles. The fraction of sp³-hybridized carbons (Fsp3) is 0.533. The van der Waals surface area contributed by atoms with E-state index in [4.69, 9.17) is 0 Å². The molecular weight excluding hydrogens is 970 g/mol. The van der Waals surface area contributed by atoms with Crippen LogP contribution < -0.4 is 24.8 Å². The maximum Gasteiger partial charge on any atom is -1.00 e. The van der Waals surface area contributed by atoms with E-state index in [2.05, 4.69) is 168 Å². The third-order valence-electron chi connectivity index (χ3n) is 16.3. The van der Waals surface area contributed by atoms with Crippen molar-refractivity contribution in [3.8, 4) is 22.3 Å². The van der Waals surface area contributed by atoms with Gasteiger partial charge in [-0.25, -0.2) is 0 Å². The van der Waals surface area contributed by atoms with Crippen LogP contribution in [0.4, 0.5) is 0 Å². The summed E-state index contributed by atoms with van der Waals surface area (Å²) >= 11 is -3.22. The van der Waals surface area contributed by atoms with E-state index in [1.807, 2.05) is 11.1 Å². The van der Waals surface area contributed by atoms with E-state index in [-0.39, 0.29) is 46.5 Å². The Balaban J connectivity index is 0.00000298. The van der Waals surface area contributed by atoms with Crippen LogP contribution in [0.25, 0.3) is 34.4 Å². The Kier molecular flexibility index (Phi) is 13.8. The second-order valence-corrected chi connectivity index (χ2v) is 41.4. The van der Waals surface area contributed by atoms with Gasteiger partial charge in [0.1, 0.15) is 0 Å². The Labute approximate surface area is 401 Å². The first kappa shape index (κ1) is 48.7. The molecule has 2 atom stereocenters. The van der Waals surface area contributed by atoms with Crippen molar-refractivity contribution in [2.45, 2.75) is 185 Å². The molecule has 3 heteroatoms. The van der Waals surface area contributed by atoms with E-state index in [1.165, 1.54) is 109 Å². The Morgan fingerprint density at radius 1 is 0.413 bits per heavy atom. The van der Waals surface area contributed by atoms with Crippen molar-refractivity contribution < 1.29 is 44.8 Å². The van der Waals surface area contributed by atoms with Gasteiger partial charge < -0.3 is 24.8 Å². The Morgan fingerprint density at radius 3 is 1.02 bits per heavy atom. The molecule has 0 bridgehead atoms. The second kappa shape index (κ2) is 17.8. The van der Waals surface area contributed by atoms with Crippen LogP contribution in [-0.4, -0.2) is 0 Å². The summed E-state index contributed by atoms with van der Waals surface area (Å²) in [6.45, 7) is 28.7. The van der Waals surface area contributed by atoms with Gasteiger partial charge in [0.05, 0.1) is 0 Å². The van der Waals surface area contributed by atoms with Crippen LogP contribution in [0.5, 0.6) is 0 Å². The number of allylic oxidation sites excluding steroid dienone is 2. The molecule has 1 heterocycles. The van der Waals surface area contributed by atoms with E-state index >= 15 is 0 Å². The van der Waals surface area contributed by atoms with E-state index < -0.39 is 20.0 Å². The van der Waals surface area contributed by atoms with Gasteiger partial charge in [-0.05, 0) is 0 Å². The molecule has 0 nitrogen and oxygen atoms in total. The molecule has 0 spiro atoms. The third-order valence-corrected chi connectivity index (χ3v) is 35.1. The van der Waals surface area contributed by atoms with Crippen molar-refractivity contribution in [1.29, 1.82) is 0 Å². The van der Waals surface area contributed by atoms with E-state index in [1.54, 1.807) is 30.6 Å². The van der Waals surface area contributed by atoms with Crippen LogP contribution in [0.3, 0.4) is 0 Å². The van der Waals surface area contributed by atoms with Gasteiger partial charge in [-0.2, -0.15) is 0 Å². The van der Waals surface area contributed by atoms with Crippen LogP contribution in [-0.2, 0) is 41.6 Å². The average molecular weight is 1050 g/mol. The average Bonchev–Trinajstić information content (AvgIpc) is 3.73. The van der Waals surface area contributed by atoms with Crippen LogP contribution in [0.15, 0.2) is 83.9 Å². The van der Waals surface area contributed by atoms with Gasteiger partial charge in [0.15, 0.2) is 0 Å². The Bertz CT molecular complexity index is 2150. The number of hydrogen-bond acceptors (Lipinski definition) is 0. The summed E-state index contributed by atoms with van der Waals surface area (Å²) in [6, 6.07) is 30.4. The maximum atomic E-state index is 2.84. The fourth-order valence-corrected chi connectivity index (χ4v) is 40.6. The summed E-state index contributed by atoms with van der Waals surface area (Å²) in [6.07, 6.45) is 19.7. The molecule has 63 heavy (non-hydrogen) atoms. The van der Waals surface area contributed by atoms with Crippen LogP contribution in [0, 0.1) is 11.8 Å². The number of rotatable bonds is 6. The number of halogens is 2. The minimum absolute atomic E-state index is 0. The summed E-state index contributed by atoms with van der Waals surface area (Å²) < 4.78 is 4.49. The summed E-state index contributed by atoms with van der Waals surface area (Å²) in [5.41, 5.74) is 22.5. The second-order valence-electron chi connectivity index (χ2n) is 24.8. The first-order chi connectivity index (χ1) is 28.7.